The van der Waals surface area contributed by atoms with Gasteiger partial charge in [-0.15, -0.1) is 11.3 Å². The fourth-order valence-corrected chi connectivity index (χ4v) is 3.35. The quantitative estimate of drug-likeness (QED) is 0.700. The third-order valence-electron chi connectivity index (χ3n) is 3.74. The van der Waals surface area contributed by atoms with E-state index in [9.17, 15) is 4.79 Å². The third kappa shape index (κ3) is 3.23. The van der Waals surface area contributed by atoms with E-state index < -0.39 is 0 Å². The number of carbonyl (C=O) groups excluding carboxylic acids is 1. The molecule has 0 unspecified atom stereocenters. The van der Waals surface area contributed by atoms with Gasteiger partial charge in [0.1, 0.15) is 10.7 Å². The molecule has 0 aliphatic heterocycles. The first-order valence-electron chi connectivity index (χ1n) is 7.11. The number of benzene rings is 1. The van der Waals surface area contributed by atoms with Crippen LogP contribution in [-0.2, 0) is 7.05 Å². The molecule has 1 N–H and O–H groups in total. The summed E-state index contributed by atoms with van der Waals surface area (Å²) in [7, 11) is 2.00. The van der Waals surface area contributed by atoms with Crippen molar-refractivity contribution in [3.8, 4) is 10.7 Å². The fourth-order valence-electron chi connectivity index (χ4n) is 2.24. The van der Waals surface area contributed by atoms with Crippen LogP contribution in [0.1, 0.15) is 21.7 Å². The van der Waals surface area contributed by atoms with Crippen LogP contribution >= 0.6 is 27.3 Å². The molecule has 2 heterocycles. The number of aromatic nitrogens is 2. The number of anilines is 1. The molecule has 0 bridgehead atoms. The normalized spacial score (nSPS) is 10.8. The van der Waals surface area contributed by atoms with E-state index in [0.717, 1.165) is 32.1 Å². The largest absolute Gasteiger partial charge is 0.346 e. The number of thiazole rings is 1. The zero-order valence-electron chi connectivity index (χ0n) is 13.1. The second-order valence-electron chi connectivity index (χ2n) is 5.37. The monoisotopic (exact) mass is 389 g/mol. The average Bonchev–Trinajstić information content (AvgIpc) is 3.11. The number of carbonyl (C=O) groups is 1. The molecule has 6 heteroatoms. The Bertz CT molecular complexity index is 882. The molecule has 0 atom stereocenters. The molecule has 0 fully saturated rings. The zero-order chi connectivity index (χ0) is 16.6. The molecule has 118 valence electrons. The highest BCUT2D eigenvalue weighted by atomic mass is 79.9. The maximum absolute atomic E-state index is 12.4. The number of hydrogen-bond donors (Lipinski definition) is 1. The van der Waals surface area contributed by atoms with Gasteiger partial charge < -0.3 is 9.88 Å². The van der Waals surface area contributed by atoms with Crippen LogP contribution in [0.3, 0.4) is 0 Å². The van der Waals surface area contributed by atoms with E-state index >= 15 is 0 Å². The molecule has 0 saturated heterocycles. The summed E-state index contributed by atoms with van der Waals surface area (Å²) in [5, 5.41) is 5.52. The summed E-state index contributed by atoms with van der Waals surface area (Å²) in [5.74, 6) is -0.194. The lowest BCUT2D eigenvalue weighted by atomic mass is 10.2. The lowest BCUT2D eigenvalue weighted by Crippen LogP contribution is -2.12. The molecule has 0 saturated carbocycles. The summed E-state index contributed by atoms with van der Waals surface area (Å²) in [5.41, 5.74) is 4.45. The summed E-state index contributed by atoms with van der Waals surface area (Å²) in [6.07, 6.45) is 0. The van der Waals surface area contributed by atoms with E-state index in [4.69, 9.17) is 0 Å². The molecular formula is C17H16BrN3OS. The summed E-state index contributed by atoms with van der Waals surface area (Å²) < 4.78 is 3.09. The first-order chi connectivity index (χ1) is 11.0. The molecule has 23 heavy (non-hydrogen) atoms. The minimum absolute atomic E-state index is 0.194. The van der Waals surface area contributed by atoms with Crippen molar-refractivity contribution in [2.24, 2.45) is 7.05 Å². The van der Waals surface area contributed by atoms with Gasteiger partial charge in [0.15, 0.2) is 0 Å². The molecule has 3 rings (SSSR count). The molecule has 0 aliphatic rings. The Morgan fingerprint density at radius 2 is 2.04 bits per heavy atom. The molecule has 1 aromatic carbocycles. The first kappa shape index (κ1) is 16.0. The van der Waals surface area contributed by atoms with E-state index in [1.54, 1.807) is 5.38 Å². The van der Waals surface area contributed by atoms with Crippen molar-refractivity contribution in [2.45, 2.75) is 13.8 Å². The summed E-state index contributed by atoms with van der Waals surface area (Å²) in [6.45, 7) is 4.03. The van der Waals surface area contributed by atoms with E-state index in [0.29, 0.717) is 5.69 Å². The van der Waals surface area contributed by atoms with Gasteiger partial charge in [-0.2, -0.15) is 0 Å². The molecular weight excluding hydrogens is 374 g/mol. The Hall–Kier alpha value is -1.92. The lowest BCUT2D eigenvalue weighted by molar-refractivity contribution is 0.102. The third-order valence-corrected chi connectivity index (χ3v) is 5.50. The minimum atomic E-state index is -0.194. The maximum atomic E-state index is 12.4. The number of nitrogens with one attached hydrogen (secondary N) is 1. The van der Waals surface area contributed by atoms with Crippen LogP contribution < -0.4 is 5.32 Å². The highest BCUT2D eigenvalue weighted by Crippen LogP contribution is 2.26. The molecule has 0 aliphatic carbocycles. The van der Waals surface area contributed by atoms with Crippen LogP contribution in [-0.4, -0.2) is 15.5 Å². The van der Waals surface area contributed by atoms with Crippen molar-refractivity contribution in [2.75, 3.05) is 5.32 Å². The van der Waals surface area contributed by atoms with Crippen LogP contribution in [0.2, 0.25) is 0 Å². The van der Waals surface area contributed by atoms with Crippen molar-refractivity contribution >= 4 is 38.9 Å². The van der Waals surface area contributed by atoms with Gasteiger partial charge in [-0.1, -0.05) is 15.9 Å². The SMILES string of the molecule is Cc1cc(NC(=O)c2csc(-c3ccc(C)n3C)n2)ccc1Br. The molecule has 3 aromatic rings. The van der Waals surface area contributed by atoms with Gasteiger partial charge in [0.25, 0.3) is 5.91 Å². The first-order valence-corrected chi connectivity index (χ1v) is 8.78. The van der Waals surface area contributed by atoms with Gasteiger partial charge in [0.05, 0.1) is 5.69 Å². The summed E-state index contributed by atoms with van der Waals surface area (Å²) in [6, 6.07) is 9.78. The van der Waals surface area contributed by atoms with Crippen molar-refractivity contribution < 1.29 is 4.79 Å². The number of aryl methyl sites for hydroxylation is 2. The van der Waals surface area contributed by atoms with Crippen LogP contribution in [0.4, 0.5) is 5.69 Å². The van der Waals surface area contributed by atoms with E-state index in [1.165, 1.54) is 11.3 Å². The Balaban J connectivity index is 1.81. The fraction of sp³-hybridized carbons (Fsp3) is 0.176. The van der Waals surface area contributed by atoms with Crippen LogP contribution in [0.5, 0.6) is 0 Å². The highest BCUT2D eigenvalue weighted by Gasteiger charge is 2.14. The van der Waals surface area contributed by atoms with E-state index in [-0.39, 0.29) is 5.91 Å². The average molecular weight is 390 g/mol. The topological polar surface area (TPSA) is 46.9 Å². The predicted molar refractivity (Wildman–Crippen MR) is 98.1 cm³/mol. The Morgan fingerprint density at radius 3 is 2.70 bits per heavy atom. The summed E-state index contributed by atoms with van der Waals surface area (Å²) >= 11 is 4.93. The lowest BCUT2D eigenvalue weighted by Gasteiger charge is -2.05. The molecule has 0 spiro atoms. The maximum Gasteiger partial charge on any atom is 0.275 e. The summed E-state index contributed by atoms with van der Waals surface area (Å²) in [4.78, 5) is 16.8. The molecule has 0 radical (unpaired) electrons. The van der Waals surface area contributed by atoms with Gasteiger partial charge in [-0.25, -0.2) is 4.98 Å². The van der Waals surface area contributed by atoms with Gasteiger partial charge in [-0.3, -0.25) is 4.79 Å². The number of nitrogens with zero attached hydrogens (tertiary/aromatic N) is 2. The van der Waals surface area contributed by atoms with E-state index in [2.05, 4.69) is 30.8 Å². The number of rotatable bonds is 3. The Kier molecular flexibility index (Phi) is 4.37. The smallest absolute Gasteiger partial charge is 0.275 e. The predicted octanol–water partition coefficient (Wildman–Crippen LogP) is 4.78. The minimum Gasteiger partial charge on any atom is -0.346 e. The molecule has 2 aromatic heterocycles. The van der Waals surface area contributed by atoms with Gasteiger partial charge >= 0.3 is 0 Å². The number of hydrogen-bond acceptors (Lipinski definition) is 3. The number of halogens is 1. The molecule has 4 nitrogen and oxygen atoms in total. The van der Waals surface area contributed by atoms with Crippen molar-refractivity contribution in [1.82, 2.24) is 9.55 Å². The van der Waals surface area contributed by atoms with Crippen molar-refractivity contribution in [1.29, 1.82) is 0 Å². The standard InChI is InChI=1S/C17H16BrN3OS/c1-10-8-12(5-6-13(10)18)19-16(22)14-9-23-17(20-14)15-7-4-11(2)21(15)3/h4-9H,1-3H3,(H,19,22). The molecule has 1 amide bonds. The number of amides is 1. The van der Waals surface area contributed by atoms with Crippen LogP contribution in [0.25, 0.3) is 10.7 Å². The van der Waals surface area contributed by atoms with Gasteiger partial charge in [0.2, 0.25) is 0 Å². The Morgan fingerprint density at radius 1 is 1.26 bits per heavy atom. The second-order valence-corrected chi connectivity index (χ2v) is 7.09. The zero-order valence-corrected chi connectivity index (χ0v) is 15.5. The van der Waals surface area contributed by atoms with Gasteiger partial charge in [0, 0.05) is 28.3 Å². The second kappa shape index (κ2) is 6.29. The van der Waals surface area contributed by atoms with Gasteiger partial charge in [-0.05, 0) is 49.7 Å². The highest BCUT2D eigenvalue weighted by molar-refractivity contribution is 9.10. The van der Waals surface area contributed by atoms with Crippen LogP contribution in [0, 0.1) is 13.8 Å². The van der Waals surface area contributed by atoms with Crippen LogP contribution in [0.15, 0.2) is 40.2 Å². The van der Waals surface area contributed by atoms with E-state index in [1.807, 2.05) is 51.2 Å². The Labute approximate surface area is 147 Å². The van der Waals surface area contributed by atoms with Crippen molar-refractivity contribution in [3.05, 3.63) is 57.1 Å². The van der Waals surface area contributed by atoms with Crippen molar-refractivity contribution in [3.63, 3.8) is 0 Å².